The number of ether oxygens (including phenoxy) is 1. The van der Waals surface area contributed by atoms with Gasteiger partial charge in [-0.05, 0) is 44.9 Å². The van der Waals surface area contributed by atoms with Crippen molar-refractivity contribution in [3.05, 3.63) is 86.1 Å². The maximum absolute atomic E-state index is 13.2. The highest BCUT2D eigenvalue weighted by atomic mass is 35.5. The van der Waals surface area contributed by atoms with Crippen LogP contribution in [0.2, 0.25) is 5.02 Å². The molecule has 0 saturated carbocycles. The first-order chi connectivity index (χ1) is 15.0. The highest BCUT2D eigenvalue weighted by Gasteiger charge is 2.38. The Morgan fingerprint density at radius 2 is 1.81 bits per heavy atom. The zero-order chi connectivity index (χ0) is 23.6. The number of hydrogen-bond acceptors (Lipinski definition) is 5. The van der Waals surface area contributed by atoms with Crippen LogP contribution in [-0.4, -0.2) is 27.3 Å². The standard InChI is InChI=1S/C24H25ClN2O5/c1-15-22(23(29)32-24(2,3)4)19(18-7-5-6-8-20(18)25)13-21(28)26(15)14-16-9-11-17(12-10-16)27(30)31/h5-12,19H,13-14H2,1-4H3. The van der Waals surface area contributed by atoms with Crippen LogP contribution in [0.1, 0.15) is 51.2 Å². The molecule has 0 aromatic heterocycles. The molecule has 0 fully saturated rings. The number of hydrogen-bond donors (Lipinski definition) is 0. The number of nitro groups is 1. The lowest BCUT2D eigenvalue weighted by Gasteiger charge is -2.35. The summed E-state index contributed by atoms with van der Waals surface area (Å²) in [5, 5.41) is 11.4. The number of carbonyl (C=O) groups is 2. The van der Waals surface area contributed by atoms with Gasteiger partial charge in [-0.1, -0.05) is 41.9 Å². The minimum atomic E-state index is -0.708. The van der Waals surface area contributed by atoms with Crippen LogP contribution in [0.4, 0.5) is 5.69 Å². The summed E-state index contributed by atoms with van der Waals surface area (Å²) in [5.41, 5.74) is 1.54. The summed E-state index contributed by atoms with van der Waals surface area (Å²) in [4.78, 5) is 38.3. The Morgan fingerprint density at radius 1 is 1.19 bits per heavy atom. The maximum atomic E-state index is 13.2. The molecule has 1 amide bonds. The normalized spacial score (nSPS) is 16.8. The van der Waals surface area contributed by atoms with Crippen LogP contribution in [0.5, 0.6) is 0 Å². The molecule has 0 aliphatic carbocycles. The summed E-state index contributed by atoms with van der Waals surface area (Å²) in [6.45, 7) is 7.26. The second-order valence-electron chi connectivity index (χ2n) is 8.68. The summed E-state index contributed by atoms with van der Waals surface area (Å²) in [6.07, 6.45) is 0.0582. The van der Waals surface area contributed by atoms with Gasteiger partial charge in [0.25, 0.3) is 5.69 Å². The summed E-state index contributed by atoms with van der Waals surface area (Å²) < 4.78 is 5.66. The lowest BCUT2D eigenvalue weighted by molar-refractivity contribution is -0.384. The van der Waals surface area contributed by atoms with E-state index in [4.69, 9.17) is 16.3 Å². The van der Waals surface area contributed by atoms with E-state index < -0.39 is 22.4 Å². The maximum Gasteiger partial charge on any atom is 0.336 e. The number of amides is 1. The average molecular weight is 457 g/mol. The van der Waals surface area contributed by atoms with E-state index in [-0.39, 0.29) is 24.6 Å². The molecule has 1 aliphatic heterocycles. The lowest BCUT2D eigenvalue weighted by atomic mass is 9.83. The molecule has 0 saturated heterocycles. The van der Waals surface area contributed by atoms with Crippen LogP contribution in [0.25, 0.3) is 0 Å². The molecule has 7 nitrogen and oxygen atoms in total. The second kappa shape index (κ2) is 9.12. The number of non-ortho nitro benzene ring substituents is 1. The summed E-state index contributed by atoms with van der Waals surface area (Å²) in [7, 11) is 0. The van der Waals surface area contributed by atoms with Crippen LogP contribution in [-0.2, 0) is 20.9 Å². The number of halogens is 1. The number of allylic oxidation sites excluding steroid dienone is 1. The molecule has 0 radical (unpaired) electrons. The molecule has 0 bridgehead atoms. The molecule has 168 valence electrons. The molecule has 8 heteroatoms. The number of nitro benzene ring substituents is 1. The first-order valence-corrected chi connectivity index (χ1v) is 10.6. The van der Waals surface area contributed by atoms with Gasteiger partial charge in [0.15, 0.2) is 0 Å². The molecular weight excluding hydrogens is 432 g/mol. The predicted octanol–water partition coefficient (Wildman–Crippen LogP) is 5.38. The Bertz CT molecular complexity index is 1090. The summed E-state index contributed by atoms with van der Waals surface area (Å²) in [6, 6.07) is 13.1. The van der Waals surface area contributed by atoms with E-state index in [1.807, 2.05) is 12.1 Å². The van der Waals surface area contributed by atoms with Crippen molar-refractivity contribution in [1.29, 1.82) is 0 Å². The van der Waals surface area contributed by atoms with Crippen LogP contribution >= 0.6 is 11.6 Å². The SMILES string of the molecule is CC1=C(C(=O)OC(C)(C)C)C(c2ccccc2Cl)CC(=O)N1Cc1ccc([N+](=O)[O-])cc1. The van der Waals surface area contributed by atoms with Crippen molar-refractivity contribution < 1.29 is 19.2 Å². The molecule has 32 heavy (non-hydrogen) atoms. The fourth-order valence-corrected chi connectivity index (χ4v) is 4.00. The molecule has 0 spiro atoms. The Labute approximate surface area is 191 Å². The Balaban J connectivity index is 2.03. The van der Waals surface area contributed by atoms with Crippen LogP contribution < -0.4 is 0 Å². The van der Waals surface area contributed by atoms with Crippen molar-refractivity contribution in [2.45, 2.75) is 52.2 Å². The highest BCUT2D eigenvalue weighted by molar-refractivity contribution is 6.31. The second-order valence-corrected chi connectivity index (χ2v) is 9.09. The van der Waals surface area contributed by atoms with E-state index in [1.165, 1.54) is 17.0 Å². The van der Waals surface area contributed by atoms with E-state index in [9.17, 15) is 19.7 Å². The van der Waals surface area contributed by atoms with Crippen molar-refractivity contribution in [2.75, 3.05) is 0 Å². The van der Waals surface area contributed by atoms with Crippen LogP contribution in [0.15, 0.2) is 59.8 Å². The molecule has 0 N–H and O–H groups in total. The minimum absolute atomic E-state index is 0.0285. The zero-order valence-electron chi connectivity index (χ0n) is 18.4. The van der Waals surface area contributed by atoms with Gasteiger partial charge in [0.05, 0.1) is 17.0 Å². The number of benzene rings is 2. The van der Waals surface area contributed by atoms with Gasteiger partial charge in [-0.2, -0.15) is 0 Å². The van der Waals surface area contributed by atoms with Crippen molar-refractivity contribution in [2.24, 2.45) is 0 Å². The number of carbonyl (C=O) groups excluding carboxylic acids is 2. The van der Waals surface area contributed by atoms with Crippen molar-refractivity contribution in [1.82, 2.24) is 4.90 Å². The first kappa shape index (κ1) is 23.5. The number of esters is 1. The quantitative estimate of drug-likeness (QED) is 0.342. The van der Waals surface area contributed by atoms with Gasteiger partial charge in [-0.25, -0.2) is 4.79 Å². The van der Waals surface area contributed by atoms with Crippen molar-refractivity contribution >= 4 is 29.2 Å². The van der Waals surface area contributed by atoms with Crippen LogP contribution in [0, 0.1) is 10.1 Å². The van der Waals surface area contributed by atoms with Crippen molar-refractivity contribution in [3.8, 4) is 0 Å². The van der Waals surface area contributed by atoms with Gasteiger partial charge in [-0.15, -0.1) is 0 Å². The molecule has 1 atom stereocenters. The Kier molecular flexibility index (Phi) is 6.69. The molecule has 1 aliphatic rings. The third kappa shape index (κ3) is 5.16. The minimum Gasteiger partial charge on any atom is -0.457 e. The largest absolute Gasteiger partial charge is 0.457 e. The third-order valence-corrected chi connectivity index (χ3v) is 5.55. The van der Waals surface area contributed by atoms with Gasteiger partial charge < -0.3 is 9.64 Å². The van der Waals surface area contributed by atoms with E-state index >= 15 is 0 Å². The van der Waals surface area contributed by atoms with E-state index in [2.05, 4.69) is 0 Å². The fraction of sp³-hybridized carbons (Fsp3) is 0.333. The van der Waals surface area contributed by atoms with Crippen molar-refractivity contribution in [3.63, 3.8) is 0 Å². The van der Waals surface area contributed by atoms with E-state index in [0.29, 0.717) is 27.4 Å². The van der Waals surface area contributed by atoms with E-state index in [1.54, 1.807) is 52.0 Å². The monoisotopic (exact) mass is 456 g/mol. The Morgan fingerprint density at radius 3 is 2.38 bits per heavy atom. The Hall–Kier alpha value is -3.19. The number of nitrogens with zero attached hydrogens (tertiary/aromatic N) is 2. The van der Waals surface area contributed by atoms with Gasteiger partial charge in [0.2, 0.25) is 5.91 Å². The topological polar surface area (TPSA) is 89.8 Å². The van der Waals surface area contributed by atoms with Gasteiger partial charge in [0, 0.05) is 35.2 Å². The number of rotatable bonds is 5. The summed E-state index contributed by atoms with van der Waals surface area (Å²) >= 11 is 6.41. The van der Waals surface area contributed by atoms with Gasteiger partial charge in [0.1, 0.15) is 5.60 Å². The van der Waals surface area contributed by atoms with E-state index in [0.717, 1.165) is 0 Å². The summed E-state index contributed by atoms with van der Waals surface area (Å²) in [5.74, 6) is -1.20. The lowest BCUT2D eigenvalue weighted by Crippen LogP contribution is -2.39. The fourth-order valence-electron chi connectivity index (χ4n) is 3.73. The molecular formula is C24H25ClN2O5. The first-order valence-electron chi connectivity index (χ1n) is 10.2. The molecule has 1 unspecified atom stereocenters. The van der Waals surface area contributed by atoms with Gasteiger partial charge >= 0.3 is 5.97 Å². The third-order valence-electron chi connectivity index (χ3n) is 5.21. The molecule has 1 heterocycles. The average Bonchev–Trinajstić information content (AvgIpc) is 2.70. The smallest absolute Gasteiger partial charge is 0.336 e. The molecule has 3 rings (SSSR count). The van der Waals surface area contributed by atoms with Gasteiger partial charge in [-0.3, -0.25) is 14.9 Å². The van der Waals surface area contributed by atoms with Crippen LogP contribution in [0.3, 0.4) is 0 Å². The highest BCUT2D eigenvalue weighted by Crippen LogP contribution is 2.40. The molecule has 2 aromatic carbocycles. The zero-order valence-corrected chi connectivity index (χ0v) is 19.2. The molecule has 2 aromatic rings. The predicted molar refractivity (Wildman–Crippen MR) is 121 cm³/mol.